The largest absolute Gasteiger partial charge is 0.378 e. The molecule has 3 aliphatic heterocycles. The molecule has 7 heteroatoms. The van der Waals surface area contributed by atoms with E-state index >= 15 is 0 Å². The lowest BCUT2D eigenvalue weighted by Gasteiger charge is -2.38. The first kappa shape index (κ1) is 15.7. The van der Waals surface area contributed by atoms with Gasteiger partial charge in [0, 0.05) is 31.6 Å². The summed E-state index contributed by atoms with van der Waals surface area (Å²) in [6, 6.07) is 8.18. The SMILES string of the molecule is NC1=NC(=O)/C(=C/c2ccc(N3CCC4(CC3)OCCO4)cc2)S1. The molecule has 3 heterocycles. The van der Waals surface area contributed by atoms with Crippen LogP contribution in [0.3, 0.4) is 0 Å². The van der Waals surface area contributed by atoms with Crippen molar-refractivity contribution in [1.29, 1.82) is 0 Å². The zero-order chi connectivity index (χ0) is 16.6. The van der Waals surface area contributed by atoms with Gasteiger partial charge in [0.1, 0.15) is 0 Å². The Kier molecular flexibility index (Phi) is 4.07. The number of piperidine rings is 1. The van der Waals surface area contributed by atoms with Crippen LogP contribution < -0.4 is 10.6 Å². The molecule has 0 saturated carbocycles. The molecule has 1 aromatic rings. The van der Waals surface area contributed by atoms with Crippen LogP contribution in [0.5, 0.6) is 0 Å². The second kappa shape index (κ2) is 6.23. The number of hydrogen-bond donors (Lipinski definition) is 1. The summed E-state index contributed by atoms with van der Waals surface area (Å²) in [5.41, 5.74) is 7.70. The van der Waals surface area contributed by atoms with Crippen molar-refractivity contribution in [2.45, 2.75) is 18.6 Å². The molecular weight excluding hydrogens is 326 g/mol. The molecule has 4 rings (SSSR count). The molecule has 3 aliphatic rings. The average molecular weight is 345 g/mol. The van der Waals surface area contributed by atoms with Gasteiger partial charge in [0.2, 0.25) is 0 Å². The van der Waals surface area contributed by atoms with Gasteiger partial charge in [0.15, 0.2) is 11.0 Å². The van der Waals surface area contributed by atoms with Crippen LogP contribution >= 0.6 is 11.8 Å². The average Bonchev–Trinajstić information content (AvgIpc) is 3.16. The quantitative estimate of drug-likeness (QED) is 0.826. The summed E-state index contributed by atoms with van der Waals surface area (Å²) >= 11 is 1.21. The van der Waals surface area contributed by atoms with Gasteiger partial charge in [0.05, 0.1) is 18.1 Å². The van der Waals surface area contributed by atoms with E-state index in [0.29, 0.717) is 23.3 Å². The molecule has 0 aromatic heterocycles. The van der Waals surface area contributed by atoms with E-state index in [0.717, 1.165) is 31.5 Å². The van der Waals surface area contributed by atoms with Crippen LogP contribution in [0.15, 0.2) is 34.2 Å². The number of benzene rings is 1. The minimum Gasteiger partial charge on any atom is -0.378 e. The lowest BCUT2D eigenvalue weighted by Crippen LogP contribution is -2.45. The summed E-state index contributed by atoms with van der Waals surface area (Å²) in [5.74, 6) is -0.611. The van der Waals surface area contributed by atoms with Gasteiger partial charge in [0.25, 0.3) is 5.91 Å². The van der Waals surface area contributed by atoms with Gasteiger partial charge < -0.3 is 20.1 Å². The third-order valence-electron chi connectivity index (χ3n) is 4.53. The summed E-state index contributed by atoms with van der Waals surface area (Å²) in [5, 5.41) is 0.307. The van der Waals surface area contributed by atoms with E-state index in [4.69, 9.17) is 15.2 Å². The molecule has 0 bridgehead atoms. The fraction of sp³-hybridized carbons (Fsp3) is 0.412. The Bertz CT molecular complexity index is 698. The van der Waals surface area contributed by atoms with Crippen molar-refractivity contribution in [1.82, 2.24) is 0 Å². The maximum atomic E-state index is 11.6. The molecule has 0 unspecified atom stereocenters. The molecule has 0 radical (unpaired) electrons. The molecule has 0 atom stereocenters. The summed E-state index contributed by atoms with van der Waals surface area (Å²) in [6.45, 7) is 3.24. The maximum absolute atomic E-state index is 11.6. The summed E-state index contributed by atoms with van der Waals surface area (Å²) in [7, 11) is 0. The van der Waals surface area contributed by atoms with Gasteiger partial charge in [-0.25, -0.2) is 0 Å². The highest BCUT2D eigenvalue weighted by molar-refractivity contribution is 8.18. The number of carbonyl (C=O) groups is 1. The number of anilines is 1. The molecule has 126 valence electrons. The zero-order valence-electron chi connectivity index (χ0n) is 13.2. The zero-order valence-corrected chi connectivity index (χ0v) is 14.1. The van der Waals surface area contributed by atoms with E-state index < -0.39 is 0 Å². The molecule has 0 aliphatic carbocycles. The monoisotopic (exact) mass is 345 g/mol. The summed E-state index contributed by atoms with van der Waals surface area (Å²) < 4.78 is 11.5. The Labute approximate surface area is 144 Å². The molecule has 1 aromatic carbocycles. The van der Waals surface area contributed by atoms with E-state index in [2.05, 4.69) is 22.0 Å². The number of nitrogens with two attached hydrogens (primary N) is 1. The standard InChI is InChI=1S/C17H19N3O3S/c18-16-19-15(21)14(24-16)11-12-1-3-13(4-2-12)20-7-5-17(6-8-20)22-9-10-23-17/h1-4,11H,5-10H2,(H2,18,19,21)/b14-11-. The number of thioether (sulfide) groups is 1. The van der Waals surface area contributed by atoms with Gasteiger partial charge in [-0.1, -0.05) is 12.1 Å². The number of amides is 1. The molecular formula is C17H19N3O3S. The lowest BCUT2D eigenvalue weighted by atomic mass is 10.0. The van der Waals surface area contributed by atoms with Crippen LogP contribution in [0.1, 0.15) is 18.4 Å². The molecule has 2 N–H and O–H groups in total. The molecule has 24 heavy (non-hydrogen) atoms. The van der Waals surface area contributed by atoms with E-state index in [1.165, 1.54) is 17.4 Å². The number of hydrogen-bond acceptors (Lipinski definition) is 6. The van der Waals surface area contributed by atoms with Crippen molar-refractivity contribution in [3.8, 4) is 0 Å². The van der Waals surface area contributed by atoms with Gasteiger partial charge >= 0.3 is 0 Å². The first-order chi connectivity index (χ1) is 11.6. The fourth-order valence-corrected chi connectivity index (χ4v) is 3.93. The molecule has 2 saturated heterocycles. The van der Waals surface area contributed by atoms with E-state index in [1.807, 2.05) is 18.2 Å². The van der Waals surface area contributed by atoms with Crippen LogP contribution in [-0.2, 0) is 14.3 Å². The third kappa shape index (κ3) is 3.07. The van der Waals surface area contributed by atoms with Gasteiger partial charge in [-0.05, 0) is 35.5 Å². The van der Waals surface area contributed by atoms with Crippen LogP contribution in [0.25, 0.3) is 6.08 Å². The maximum Gasteiger partial charge on any atom is 0.286 e. The Morgan fingerprint density at radius 2 is 1.83 bits per heavy atom. The van der Waals surface area contributed by atoms with Crippen LogP contribution in [0.4, 0.5) is 5.69 Å². The van der Waals surface area contributed by atoms with Crippen LogP contribution in [-0.4, -0.2) is 43.2 Å². The Morgan fingerprint density at radius 1 is 1.17 bits per heavy atom. The van der Waals surface area contributed by atoms with Crippen molar-refractivity contribution >= 4 is 34.6 Å². The molecule has 1 spiro atoms. The topological polar surface area (TPSA) is 77.2 Å². The fourth-order valence-electron chi connectivity index (χ4n) is 3.25. The van der Waals surface area contributed by atoms with Crippen molar-refractivity contribution in [3.05, 3.63) is 34.7 Å². The molecule has 1 amide bonds. The van der Waals surface area contributed by atoms with E-state index in [9.17, 15) is 4.79 Å². The molecule has 2 fully saturated rings. The molecule has 6 nitrogen and oxygen atoms in total. The Hall–Kier alpha value is -1.83. The Balaban J connectivity index is 1.41. The second-order valence-corrected chi connectivity index (χ2v) is 7.11. The number of ether oxygens (including phenoxy) is 2. The minimum absolute atomic E-state index is 0.264. The normalized spacial score (nSPS) is 24.8. The number of carbonyl (C=O) groups excluding carboxylic acids is 1. The minimum atomic E-state index is -0.346. The number of rotatable bonds is 2. The Morgan fingerprint density at radius 3 is 2.42 bits per heavy atom. The van der Waals surface area contributed by atoms with Gasteiger partial charge in [-0.3, -0.25) is 4.79 Å². The predicted octanol–water partition coefficient (Wildman–Crippen LogP) is 1.96. The van der Waals surface area contributed by atoms with Crippen molar-refractivity contribution in [2.75, 3.05) is 31.2 Å². The van der Waals surface area contributed by atoms with E-state index in [1.54, 1.807) is 0 Å². The van der Waals surface area contributed by atoms with Crippen molar-refractivity contribution in [2.24, 2.45) is 10.7 Å². The summed E-state index contributed by atoms with van der Waals surface area (Å²) in [6.07, 6.45) is 3.60. The number of aliphatic imine (C=N–C) groups is 1. The van der Waals surface area contributed by atoms with Gasteiger partial charge in [-0.15, -0.1) is 0 Å². The highest BCUT2D eigenvalue weighted by Gasteiger charge is 2.39. The number of nitrogens with zero attached hydrogens (tertiary/aromatic N) is 2. The van der Waals surface area contributed by atoms with Crippen LogP contribution in [0, 0.1) is 0 Å². The van der Waals surface area contributed by atoms with Crippen molar-refractivity contribution < 1.29 is 14.3 Å². The smallest absolute Gasteiger partial charge is 0.286 e. The van der Waals surface area contributed by atoms with E-state index in [-0.39, 0.29) is 11.7 Å². The predicted molar refractivity (Wildman–Crippen MR) is 94.7 cm³/mol. The first-order valence-corrected chi connectivity index (χ1v) is 8.86. The summed E-state index contributed by atoms with van der Waals surface area (Å²) in [4.78, 5) is 18.3. The number of amidine groups is 1. The highest BCUT2D eigenvalue weighted by Crippen LogP contribution is 2.33. The highest BCUT2D eigenvalue weighted by atomic mass is 32.2. The van der Waals surface area contributed by atoms with Crippen LogP contribution in [0.2, 0.25) is 0 Å². The van der Waals surface area contributed by atoms with Gasteiger partial charge in [-0.2, -0.15) is 4.99 Å². The first-order valence-electron chi connectivity index (χ1n) is 8.05. The lowest BCUT2D eigenvalue weighted by molar-refractivity contribution is -0.169. The second-order valence-electron chi connectivity index (χ2n) is 6.05. The third-order valence-corrected chi connectivity index (χ3v) is 5.34. The van der Waals surface area contributed by atoms with Crippen molar-refractivity contribution in [3.63, 3.8) is 0 Å².